The maximum atomic E-state index is 2.39. The fourth-order valence-electron chi connectivity index (χ4n) is 3.56. The Labute approximate surface area is 159 Å². The van der Waals surface area contributed by atoms with Gasteiger partial charge in [0, 0.05) is 39.0 Å². The summed E-state index contributed by atoms with van der Waals surface area (Å²) in [6.07, 6.45) is 7.45. The highest BCUT2D eigenvalue weighted by Gasteiger charge is 2.12. The molecule has 2 heterocycles. The molecule has 0 N–H and O–H groups in total. The number of aromatic nitrogens is 1. The summed E-state index contributed by atoms with van der Waals surface area (Å²) >= 11 is 1.96. The van der Waals surface area contributed by atoms with E-state index in [-0.39, 0.29) is 0 Å². The number of rotatable bonds is 7. The predicted molar refractivity (Wildman–Crippen MR) is 114 cm³/mol. The van der Waals surface area contributed by atoms with Gasteiger partial charge >= 0.3 is 0 Å². The van der Waals surface area contributed by atoms with E-state index in [9.17, 15) is 0 Å². The summed E-state index contributed by atoms with van der Waals surface area (Å²) in [5.74, 6) is 0. The number of benzene rings is 2. The molecule has 2 aromatic heterocycles. The number of nitrogens with zero attached hydrogens (tertiary/aromatic N) is 1. The summed E-state index contributed by atoms with van der Waals surface area (Å²) in [4.78, 5) is 2.90. The molecular formula is C24H25NS. The molecule has 0 radical (unpaired) electrons. The van der Waals surface area contributed by atoms with Crippen molar-refractivity contribution in [3.05, 3.63) is 83.4 Å². The first-order valence-corrected chi connectivity index (χ1v) is 10.4. The number of hydrogen-bond acceptors (Lipinski definition) is 1. The normalized spacial score (nSPS) is 11.3. The van der Waals surface area contributed by atoms with Crippen molar-refractivity contribution < 1.29 is 0 Å². The van der Waals surface area contributed by atoms with Gasteiger partial charge in [-0.3, -0.25) is 0 Å². The third-order valence-corrected chi connectivity index (χ3v) is 6.12. The van der Waals surface area contributed by atoms with Gasteiger partial charge in [-0.15, -0.1) is 11.3 Å². The summed E-state index contributed by atoms with van der Waals surface area (Å²) in [5.41, 5.74) is 4.02. The topological polar surface area (TPSA) is 4.93 Å². The second kappa shape index (κ2) is 7.92. The van der Waals surface area contributed by atoms with Crippen molar-refractivity contribution >= 4 is 22.2 Å². The quantitative estimate of drug-likeness (QED) is 0.309. The van der Waals surface area contributed by atoms with Crippen LogP contribution in [0.4, 0.5) is 0 Å². The van der Waals surface area contributed by atoms with Crippen molar-refractivity contribution in [2.75, 3.05) is 0 Å². The summed E-state index contributed by atoms with van der Waals surface area (Å²) in [6, 6.07) is 24.1. The minimum Gasteiger partial charge on any atom is -0.342 e. The first kappa shape index (κ1) is 17.1. The molecule has 0 amide bonds. The molecule has 4 aromatic rings. The van der Waals surface area contributed by atoms with Crippen LogP contribution in [0, 0.1) is 0 Å². The van der Waals surface area contributed by atoms with Crippen molar-refractivity contribution in [1.29, 1.82) is 0 Å². The van der Waals surface area contributed by atoms with Gasteiger partial charge in [0.1, 0.15) is 0 Å². The van der Waals surface area contributed by atoms with Crippen LogP contribution in [0.1, 0.15) is 36.6 Å². The highest BCUT2D eigenvalue weighted by atomic mass is 32.1. The van der Waals surface area contributed by atoms with Crippen molar-refractivity contribution in [1.82, 2.24) is 4.57 Å². The summed E-state index contributed by atoms with van der Waals surface area (Å²) < 4.78 is 2.39. The Morgan fingerprint density at radius 1 is 0.846 bits per heavy atom. The van der Waals surface area contributed by atoms with Gasteiger partial charge in [0.2, 0.25) is 0 Å². The fourth-order valence-corrected chi connectivity index (χ4v) is 4.63. The van der Waals surface area contributed by atoms with Gasteiger partial charge in [-0.25, -0.2) is 0 Å². The van der Waals surface area contributed by atoms with Crippen molar-refractivity contribution in [3.8, 4) is 10.4 Å². The summed E-state index contributed by atoms with van der Waals surface area (Å²) in [5, 5.41) is 1.35. The molecule has 0 fully saturated rings. The van der Waals surface area contributed by atoms with Gasteiger partial charge in [-0.1, -0.05) is 68.3 Å². The highest BCUT2D eigenvalue weighted by molar-refractivity contribution is 7.15. The van der Waals surface area contributed by atoms with Crippen LogP contribution in [0.15, 0.2) is 72.9 Å². The van der Waals surface area contributed by atoms with E-state index in [4.69, 9.17) is 0 Å². The molecule has 0 saturated heterocycles. The molecule has 1 nitrogen and oxygen atoms in total. The van der Waals surface area contributed by atoms with Crippen LogP contribution in [0.5, 0.6) is 0 Å². The fraction of sp³-hybridized carbons (Fsp3) is 0.250. The molecule has 0 aliphatic rings. The molecule has 0 spiro atoms. The Morgan fingerprint density at radius 3 is 2.50 bits per heavy atom. The lowest BCUT2D eigenvalue weighted by molar-refractivity contribution is 0.722. The van der Waals surface area contributed by atoms with E-state index in [0.717, 1.165) is 6.54 Å². The number of fused-ring (bicyclic) bond motifs is 1. The van der Waals surface area contributed by atoms with E-state index in [0.29, 0.717) is 0 Å². The Bertz CT molecular complexity index is 978. The lowest BCUT2D eigenvalue weighted by Gasteiger charge is -2.05. The average Bonchev–Trinajstić information content (AvgIpc) is 3.28. The van der Waals surface area contributed by atoms with Gasteiger partial charge in [-0.2, -0.15) is 0 Å². The maximum Gasteiger partial charge on any atom is 0.0490 e. The zero-order chi connectivity index (χ0) is 17.8. The van der Waals surface area contributed by atoms with Gasteiger partial charge < -0.3 is 4.57 Å². The lowest BCUT2D eigenvalue weighted by Crippen LogP contribution is -1.97. The molecule has 0 bridgehead atoms. The van der Waals surface area contributed by atoms with Crippen LogP contribution in [0.2, 0.25) is 0 Å². The molecule has 132 valence electrons. The number of unbranched alkanes of at least 4 members (excludes halogenated alkanes) is 2. The van der Waals surface area contributed by atoms with Crippen LogP contribution in [-0.2, 0) is 13.0 Å². The molecule has 2 aromatic carbocycles. The average molecular weight is 360 g/mol. The SMILES string of the molecule is CCCCCc1ccc(-c2cn(Cc3ccccc3)c3ccccc23)s1. The predicted octanol–water partition coefficient (Wildman–Crippen LogP) is 7.15. The Morgan fingerprint density at radius 2 is 1.65 bits per heavy atom. The largest absolute Gasteiger partial charge is 0.342 e. The standard InChI is InChI=1S/C24H25NS/c1-2-3-5-12-20-15-16-24(26-20)22-18-25(17-19-10-6-4-7-11-19)23-14-9-8-13-21(22)23/h4,6-11,13-16,18H,2-3,5,12,17H2,1H3. The number of hydrogen-bond donors (Lipinski definition) is 0. The molecule has 26 heavy (non-hydrogen) atoms. The summed E-state index contributed by atoms with van der Waals surface area (Å²) in [7, 11) is 0. The molecule has 0 unspecified atom stereocenters. The van der Waals surface area contributed by atoms with Crippen molar-refractivity contribution in [2.45, 2.75) is 39.2 Å². The Hall–Kier alpha value is -2.32. The second-order valence-electron chi connectivity index (χ2n) is 6.90. The highest BCUT2D eigenvalue weighted by Crippen LogP contribution is 2.36. The van der Waals surface area contributed by atoms with Gasteiger partial charge in [0.15, 0.2) is 0 Å². The van der Waals surface area contributed by atoms with Crippen molar-refractivity contribution in [3.63, 3.8) is 0 Å². The second-order valence-corrected chi connectivity index (χ2v) is 8.06. The minimum absolute atomic E-state index is 0.913. The van der Waals surface area contributed by atoms with E-state index in [2.05, 4.69) is 84.4 Å². The van der Waals surface area contributed by atoms with Crippen LogP contribution >= 0.6 is 11.3 Å². The number of aryl methyl sites for hydroxylation is 1. The Kier molecular flexibility index (Phi) is 5.21. The van der Waals surface area contributed by atoms with Gasteiger partial charge in [-0.05, 0) is 36.6 Å². The number of thiophene rings is 1. The molecule has 4 rings (SSSR count). The molecule has 0 atom stereocenters. The zero-order valence-corrected chi connectivity index (χ0v) is 16.1. The number of para-hydroxylation sites is 1. The zero-order valence-electron chi connectivity index (χ0n) is 15.3. The maximum absolute atomic E-state index is 2.39. The summed E-state index contributed by atoms with van der Waals surface area (Å²) in [6.45, 7) is 3.18. The van der Waals surface area contributed by atoms with Crippen LogP contribution in [0.3, 0.4) is 0 Å². The van der Waals surface area contributed by atoms with E-state index < -0.39 is 0 Å². The first-order valence-electron chi connectivity index (χ1n) is 9.56. The van der Waals surface area contributed by atoms with Gasteiger partial charge in [0.25, 0.3) is 0 Å². The monoisotopic (exact) mass is 359 g/mol. The molecule has 0 aliphatic carbocycles. The first-order chi connectivity index (χ1) is 12.8. The van der Waals surface area contributed by atoms with Crippen LogP contribution in [0.25, 0.3) is 21.3 Å². The molecule has 2 heteroatoms. The van der Waals surface area contributed by atoms with Crippen LogP contribution in [-0.4, -0.2) is 4.57 Å². The Balaban J connectivity index is 1.67. The smallest absolute Gasteiger partial charge is 0.0490 e. The van der Waals surface area contributed by atoms with E-state index in [1.165, 1.54) is 57.5 Å². The molecule has 0 aliphatic heterocycles. The van der Waals surface area contributed by atoms with E-state index >= 15 is 0 Å². The lowest BCUT2D eigenvalue weighted by atomic mass is 10.1. The third kappa shape index (κ3) is 3.61. The minimum atomic E-state index is 0.913. The van der Waals surface area contributed by atoms with Crippen molar-refractivity contribution in [2.24, 2.45) is 0 Å². The van der Waals surface area contributed by atoms with E-state index in [1.807, 2.05) is 11.3 Å². The molecule has 0 saturated carbocycles. The third-order valence-electron chi connectivity index (χ3n) is 4.94. The van der Waals surface area contributed by atoms with Gasteiger partial charge in [0.05, 0.1) is 0 Å². The molecular weight excluding hydrogens is 334 g/mol. The van der Waals surface area contributed by atoms with Crippen LogP contribution < -0.4 is 0 Å². The van der Waals surface area contributed by atoms with E-state index in [1.54, 1.807) is 0 Å².